The molecule has 0 bridgehead atoms. The SMILES string of the molecule is Cc1nc2ccccn2c1C(=O)N1CC(Oc2ccc(Cl)cn2)C1. The van der Waals surface area contributed by atoms with Crippen molar-refractivity contribution >= 4 is 23.2 Å². The summed E-state index contributed by atoms with van der Waals surface area (Å²) in [4.78, 5) is 23.0. The largest absolute Gasteiger partial charge is 0.471 e. The van der Waals surface area contributed by atoms with Crippen molar-refractivity contribution in [2.45, 2.75) is 13.0 Å². The van der Waals surface area contributed by atoms with Crippen LogP contribution in [0.15, 0.2) is 42.7 Å². The highest BCUT2D eigenvalue weighted by atomic mass is 35.5. The van der Waals surface area contributed by atoms with E-state index in [0.29, 0.717) is 29.7 Å². The number of carbonyl (C=O) groups is 1. The van der Waals surface area contributed by atoms with E-state index in [1.807, 2.05) is 35.7 Å². The molecule has 1 saturated heterocycles. The van der Waals surface area contributed by atoms with Gasteiger partial charge in [-0.3, -0.25) is 9.20 Å². The summed E-state index contributed by atoms with van der Waals surface area (Å²) in [5.74, 6) is 0.484. The summed E-state index contributed by atoms with van der Waals surface area (Å²) in [6.45, 7) is 2.91. The van der Waals surface area contributed by atoms with Crippen LogP contribution in [0.3, 0.4) is 0 Å². The predicted molar refractivity (Wildman–Crippen MR) is 89.5 cm³/mol. The Morgan fingerprint density at radius 1 is 1.29 bits per heavy atom. The number of carbonyl (C=O) groups excluding carboxylic acids is 1. The van der Waals surface area contributed by atoms with Crippen molar-refractivity contribution in [3.05, 3.63) is 59.1 Å². The summed E-state index contributed by atoms with van der Waals surface area (Å²) < 4.78 is 7.56. The fourth-order valence-electron chi connectivity index (χ4n) is 2.80. The maximum absolute atomic E-state index is 12.7. The Labute approximate surface area is 143 Å². The number of amides is 1. The molecular formula is C17H15ClN4O2. The zero-order valence-electron chi connectivity index (χ0n) is 13.0. The van der Waals surface area contributed by atoms with Gasteiger partial charge in [0.2, 0.25) is 5.88 Å². The molecule has 4 heterocycles. The molecule has 3 aromatic heterocycles. The summed E-state index contributed by atoms with van der Waals surface area (Å²) in [5.41, 5.74) is 2.11. The number of ether oxygens (including phenoxy) is 1. The zero-order chi connectivity index (χ0) is 16.7. The Bertz CT molecular complexity index is 901. The Kier molecular flexibility index (Phi) is 3.61. The number of aryl methyl sites for hydroxylation is 1. The lowest BCUT2D eigenvalue weighted by molar-refractivity contribution is 0.0154. The van der Waals surface area contributed by atoms with Crippen molar-refractivity contribution < 1.29 is 9.53 Å². The summed E-state index contributed by atoms with van der Waals surface area (Å²) in [7, 11) is 0. The van der Waals surface area contributed by atoms with E-state index in [4.69, 9.17) is 16.3 Å². The molecule has 0 saturated carbocycles. The van der Waals surface area contributed by atoms with Crippen LogP contribution in [0, 0.1) is 6.92 Å². The van der Waals surface area contributed by atoms with Crippen LogP contribution in [-0.4, -0.2) is 44.4 Å². The zero-order valence-corrected chi connectivity index (χ0v) is 13.8. The molecule has 4 rings (SSSR count). The van der Waals surface area contributed by atoms with Gasteiger partial charge < -0.3 is 9.64 Å². The number of rotatable bonds is 3. The van der Waals surface area contributed by atoms with Gasteiger partial charge in [-0.05, 0) is 25.1 Å². The number of nitrogens with zero attached hydrogens (tertiary/aromatic N) is 4. The van der Waals surface area contributed by atoms with Gasteiger partial charge in [0, 0.05) is 18.5 Å². The Hall–Kier alpha value is -2.60. The molecule has 1 aliphatic rings. The second-order valence-electron chi connectivity index (χ2n) is 5.74. The van der Waals surface area contributed by atoms with Gasteiger partial charge in [0.1, 0.15) is 17.4 Å². The van der Waals surface area contributed by atoms with E-state index in [9.17, 15) is 4.79 Å². The normalized spacial score (nSPS) is 14.7. The van der Waals surface area contributed by atoms with E-state index in [1.54, 1.807) is 23.2 Å². The number of aromatic nitrogens is 3. The molecule has 0 aliphatic carbocycles. The number of hydrogen-bond donors (Lipinski definition) is 0. The molecule has 122 valence electrons. The molecule has 1 amide bonds. The lowest BCUT2D eigenvalue weighted by atomic mass is 10.1. The average molecular weight is 343 g/mol. The van der Waals surface area contributed by atoms with Crippen molar-refractivity contribution in [2.75, 3.05) is 13.1 Å². The van der Waals surface area contributed by atoms with E-state index in [2.05, 4.69) is 9.97 Å². The molecule has 7 heteroatoms. The summed E-state index contributed by atoms with van der Waals surface area (Å²) >= 11 is 5.80. The van der Waals surface area contributed by atoms with Gasteiger partial charge in [0.25, 0.3) is 5.91 Å². The lowest BCUT2D eigenvalue weighted by Crippen LogP contribution is -2.56. The third kappa shape index (κ3) is 2.59. The Morgan fingerprint density at radius 3 is 2.88 bits per heavy atom. The van der Waals surface area contributed by atoms with E-state index in [1.165, 1.54) is 0 Å². The maximum atomic E-state index is 12.7. The van der Waals surface area contributed by atoms with Gasteiger partial charge >= 0.3 is 0 Å². The van der Waals surface area contributed by atoms with Crippen molar-refractivity contribution in [3.63, 3.8) is 0 Å². The summed E-state index contributed by atoms with van der Waals surface area (Å²) in [5, 5.41) is 0.566. The smallest absolute Gasteiger partial charge is 0.273 e. The molecule has 0 N–H and O–H groups in total. The Morgan fingerprint density at radius 2 is 2.12 bits per heavy atom. The summed E-state index contributed by atoms with van der Waals surface area (Å²) in [6, 6.07) is 9.13. The minimum Gasteiger partial charge on any atom is -0.471 e. The molecule has 6 nitrogen and oxygen atoms in total. The Balaban J connectivity index is 1.45. The molecule has 0 atom stereocenters. The van der Waals surface area contributed by atoms with Crippen LogP contribution in [-0.2, 0) is 0 Å². The van der Waals surface area contributed by atoms with E-state index in [-0.39, 0.29) is 12.0 Å². The molecule has 1 fully saturated rings. The molecule has 1 aliphatic heterocycles. The van der Waals surface area contributed by atoms with E-state index >= 15 is 0 Å². The molecule has 3 aromatic rings. The van der Waals surface area contributed by atoms with Crippen molar-refractivity contribution in [3.8, 4) is 5.88 Å². The van der Waals surface area contributed by atoms with Crippen LogP contribution in [0.1, 0.15) is 16.2 Å². The number of hydrogen-bond acceptors (Lipinski definition) is 4. The van der Waals surface area contributed by atoms with Crippen LogP contribution >= 0.6 is 11.6 Å². The van der Waals surface area contributed by atoms with Crippen LogP contribution in [0.25, 0.3) is 5.65 Å². The van der Waals surface area contributed by atoms with Crippen LogP contribution in [0.4, 0.5) is 0 Å². The average Bonchev–Trinajstić information content (AvgIpc) is 2.87. The molecule has 24 heavy (non-hydrogen) atoms. The van der Waals surface area contributed by atoms with Gasteiger partial charge in [0.05, 0.1) is 23.8 Å². The third-order valence-corrected chi connectivity index (χ3v) is 4.25. The highest BCUT2D eigenvalue weighted by Gasteiger charge is 2.35. The van der Waals surface area contributed by atoms with Gasteiger partial charge in [-0.25, -0.2) is 9.97 Å². The topological polar surface area (TPSA) is 59.7 Å². The molecule has 0 radical (unpaired) electrons. The van der Waals surface area contributed by atoms with E-state index < -0.39 is 0 Å². The standard InChI is InChI=1S/C17H15ClN4O2/c1-11-16(22-7-3-2-4-14(22)20-11)17(23)21-9-13(10-21)24-15-6-5-12(18)8-19-15/h2-8,13H,9-10H2,1H3. The number of halogens is 1. The van der Waals surface area contributed by atoms with E-state index in [0.717, 1.165) is 11.3 Å². The number of imidazole rings is 1. The van der Waals surface area contributed by atoms with Gasteiger partial charge in [0.15, 0.2) is 0 Å². The lowest BCUT2D eigenvalue weighted by Gasteiger charge is -2.38. The molecule has 0 unspecified atom stereocenters. The first kappa shape index (κ1) is 15.0. The second kappa shape index (κ2) is 5.79. The fraction of sp³-hybridized carbons (Fsp3) is 0.235. The van der Waals surface area contributed by atoms with Gasteiger partial charge in [-0.2, -0.15) is 0 Å². The van der Waals surface area contributed by atoms with Crippen molar-refractivity contribution in [1.82, 2.24) is 19.3 Å². The first-order valence-corrected chi connectivity index (χ1v) is 8.01. The quantitative estimate of drug-likeness (QED) is 0.734. The van der Waals surface area contributed by atoms with Gasteiger partial charge in [-0.15, -0.1) is 0 Å². The minimum absolute atomic E-state index is 0.0323. The first-order chi connectivity index (χ1) is 11.6. The van der Waals surface area contributed by atoms with Crippen LogP contribution in [0.5, 0.6) is 5.88 Å². The highest BCUT2D eigenvalue weighted by molar-refractivity contribution is 6.30. The third-order valence-electron chi connectivity index (χ3n) is 4.03. The van der Waals surface area contributed by atoms with Crippen LogP contribution < -0.4 is 4.74 Å². The number of fused-ring (bicyclic) bond motifs is 1. The maximum Gasteiger partial charge on any atom is 0.273 e. The molecule has 0 spiro atoms. The fourth-order valence-corrected chi connectivity index (χ4v) is 2.91. The number of pyridine rings is 2. The highest BCUT2D eigenvalue weighted by Crippen LogP contribution is 2.21. The monoisotopic (exact) mass is 342 g/mol. The number of likely N-dealkylation sites (tertiary alicyclic amines) is 1. The van der Waals surface area contributed by atoms with Crippen molar-refractivity contribution in [2.24, 2.45) is 0 Å². The minimum atomic E-state index is -0.0536. The molecular weight excluding hydrogens is 328 g/mol. The van der Waals surface area contributed by atoms with Crippen molar-refractivity contribution in [1.29, 1.82) is 0 Å². The van der Waals surface area contributed by atoms with Crippen LogP contribution in [0.2, 0.25) is 5.02 Å². The molecule has 0 aromatic carbocycles. The second-order valence-corrected chi connectivity index (χ2v) is 6.18. The summed E-state index contributed by atoms with van der Waals surface area (Å²) in [6.07, 6.45) is 3.34. The van der Waals surface area contributed by atoms with Gasteiger partial charge in [-0.1, -0.05) is 17.7 Å². The predicted octanol–water partition coefficient (Wildman–Crippen LogP) is 2.59. The first-order valence-electron chi connectivity index (χ1n) is 7.63.